The number of aromatic carboxylic acids is 1. The maximum Gasteiger partial charge on any atom is 0.335 e. The van der Waals surface area contributed by atoms with E-state index >= 15 is 0 Å². The van der Waals surface area contributed by atoms with Crippen molar-refractivity contribution in [3.63, 3.8) is 0 Å². The number of piperidine rings is 1. The molecule has 1 unspecified atom stereocenters. The first-order chi connectivity index (χ1) is 15.6. The van der Waals surface area contributed by atoms with Gasteiger partial charge in [-0.25, -0.2) is 4.79 Å². The third-order valence-corrected chi connectivity index (χ3v) is 8.06. The Morgan fingerprint density at radius 2 is 2.03 bits per heavy atom. The number of nitrogens with one attached hydrogen (secondary N) is 1. The number of likely N-dealkylation sites (tertiary alicyclic amines) is 1. The van der Waals surface area contributed by atoms with Gasteiger partial charge in [0, 0.05) is 47.2 Å². The van der Waals surface area contributed by atoms with Gasteiger partial charge in [-0.3, -0.25) is 4.90 Å². The van der Waals surface area contributed by atoms with Gasteiger partial charge in [0.2, 0.25) is 0 Å². The average molecular weight is 451 g/mol. The number of hydrogen-bond donors (Lipinski definition) is 2. The van der Waals surface area contributed by atoms with Gasteiger partial charge in [-0.15, -0.1) is 11.8 Å². The minimum absolute atomic E-state index is 0.208. The number of aromatic nitrogens is 1. The fourth-order valence-corrected chi connectivity index (χ4v) is 6.73. The summed E-state index contributed by atoms with van der Waals surface area (Å²) >= 11 is 1.97. The van der Waals surface area contributed by atoms with Crippen molar-refractivity contribution in [1.29, 1.82) is 0 Å². The number of aromatic amines is 1. The molecule has 0 aliphatic carbocycles. The lowest BCUT2D eigenvalue weighted by Crippen LogP contribution is -2.42. The van der Waals surface area contributed by atoms with Crippen molar-refractivity contribution in [2.24, 2.45) is 0 Å². The van der Waals surface area contributed by atoms with E-state index in [1.807, 2.05) is 23.9 Å². The molecule has 32 heavy (non-hydrogen) atoms. The van der Waals surface area contributed by atoms with Crippen LogP contribution < -0.4 is 0 Å². The second-order valence-electron chi connectivity index (χ2n) is 8.81. The van der Waals surface area contributed by atoms with Crippen LogP contribution in [0.2, 0.25) is 0 Å². The van der Waals surface area contributed by atoms with Crippen LogP contribution in [0, 0.1) is 6.92 Å². The summed E-state index contributed by atoms with van der Waals surface area (Å²) in [6.07, 6.45) is 5.37. The summed E-state index contributed by atoms with van der Waals surface area (Å²) in [4.78, 5) is 18.9. The lowest BCUT2D eigenvalue weighted by molar-refractivity contribution is -0.0267. The van der Waals surface area contributed by atoms with Crippen molar-refractivity contribution < 1.29 is 14.6 Å². The van der Waals surface area contributed by atoms with E-state index in [0.717, 1.165) is 38.2 Å². The van der Waals surface area contributed by atoms with E-state index in [2.05, 4.69) is 42.1 Å². The van der Waals surface area contributed by atoms with Gasteiger partial charge in [-0.2, -0.15) is 0 Å². The molecule has 0 amide bonds. The molecule has 2 aliphatic heterocycles. The molecule has 2 N–H and O–H groups in total. The molecule has 0 radical (unpaired) electrons. The molecule has 0 bridgehead atoms. The molecule has 3 aromatic rings. The van der Waals surface area contributed by atoms with E-state index in [1.54, 1.807) is 12.1 Å². The maximum atomic E-state index is 11.4. The van der Waals surface area contributed by atoms with Crippen molar-refractivity contribution in [1.82, 2.24) is 9.88 Å². The molecule has 2 aliphatic rings. The van der Waals surface area contributed by atoms with E-state index in [1.165, 1.54) is 32.5 Å². The Kier molecular flexibility index (Phi) is 6.01. The molecule has 1 aromatic heterocycles. The summed E-state index contributed by atoms with van der Waals surface area (Å²) in [5, 5.41) is 10.7. The Morgan fingerprint density at radius 1 is 1.22 bits per heavy atom. The number of hydrogen-bond acceptors (Lipinski definition) is 4. The summed E-state index contributed by atoms with van der Waals surface area (Å²) in [7, 11) is 0. The first kappa shape index (κ1) is 21.6. The molecule has 168 valence electrons. The summed E-state index contributed by atoms with van der Waals surface area (Å²) in [5.41, 5.74) is 5.50. The van der Waals surface area contributed by atoms with Crippen LogP contribution in [0.4, 0.5) is 0 Å². The van der Waals surface area contributed by atoms with Gasteiger partial charge in [0.1, 0.15) is 0 Å². The summed E-state index contributed by atoms with van der Waals surface area (Å²) in [5.74, 6) is 0.232. The number of rotatable bonds is 5. The molecule has 5 nitrogen and oxygen atoms in total. The largest absolute Gasteiger partial charge is 0.478 e. The van der Waals surface area contributed by atoms with Crippen molar-refractivity contribution in [2.75, 3.05) is 18.9 Å². The molecular weight excluding hydrogens is 420 g/mol. The number of carboxylic acid groups (broad SMARTS) is 1. The Hall–Kier alpha value is -2.28. The van der Waals surface area contributed by atoms with Crippen molar-refractivity contribution in [2.45, 2.75) is 56.2 Å². The number of carbonyl (C=O) groups is 1. The minimum atomic E-state index is -0.882. The molecule has 2 aromatic carbocycles. The number of nitrogens with zero attached hydrogens (tertiary/aromatic N) is 1. The summed E-state index contributed by atoms with van der Waals surface area (Å²) in [6.45, 7) is 5.94. The number of carboxylic acids is 1. The predicted octanol–water partition coefficient (Wildman–Crippen LogP) is 5.95. The van der Waals surface area contributed by atoms with Crippen LogP contribution in [0.5, 0.6) is 0 Å². The van der Waals surface area contributed by atoms with E-state index in [9.17, 15) is 9.90 Å². The lowest BCUT2D eigenvalue weighted by atomic mass is 9.87. The zero-order valence-electron chi connectivity index (χ0n) is 18.6. The summed E-state index contributed by atoms with van der Waals surface area (Å²) in [6, 6.07) is 12.6. The maximum absolute atomic E-state index is 11.4. The highest BCUT2D eigenvalue weighted by molar-refractivity contribution is 7.99. The molecule has 3 heterocycles. The van der Waals surface area contributed by atoms with Gasteiger partial charge in [0.25, 0.3) is 0 Å². The van der Waals surface area contributed by atoms with Crippen molar-refractivity contribution in [3.8, 4) is 0 Å². The summed E-state index contributed by atoms with van der Waals surface area (Å²) < 4.78 is 6.05. The molecule has 1 saturated heterocycles. The third kappa shape index (κ3) is 3.85. The quantitative estimate of drug-likeness (QED) is 0.503. The van der Waals surface area contributed by atoms with E-state index in [0.29, 0.717) is 11.6 Å². The number of H-pyrrole nitrogens is 1. The lowest BCUT2D eigenvalue weighted by Gasteiger charge is -2.46. The van der Waals surface area contributed by atoms with E-state index in [4.69, 9.17) is 4.74 Å². The second kappa shape index (κ2) is 8.93. The molecule has 5 rings (SSSR count). The van der Waals surface area contributed by atoms with Gasteiger partial charge in [0.15, 0.2) is 0 Å². The number of thioether (sulfide) groups is 1. The van der Waals surface area contributed by atoms with Gasteiger partial charge in [-0.05, 0) is 79.8 Å². The van der Waals surface area contributed by atoms with E-state index < -0.39 is 5.97 Å². The average Bonchev–Trinajstić information content (AvgIpc) is 3.30. The predicted molar refractivity (Wildman–Crippen MR) is 129 cm³/mol. The Bertz CT molecular complexity index is 1120. The highest BCUT2D eigenvalue weighted by Gasteiger charge is 2.37. The number of aryl methyl sites for hydroxylation is 1. The van der Waals surface area contributed by atoms with Crippen LogP contribution in [0.15, 0.2) is 47.5 Å². The molecule has 3 atom stereocenters. The zero-order valence-corrected chi connectivity index (χ0v) is 19.5. The number of ether oxygens (including phenoxy) is 1. The molecule has 1 fully saturated rings. The van der Waals surface area contributed by atoms with Crippen molar-refractivity contribution >= 4 is 28.6 Å². The highest BCUT2D eigenvalue weighted by atomic mass is 32.2. The Morgan fingerprint density at radius 3 is 2.78 bits per heavy atom. The second-order valence-corrected chi connectivity index (χ2v) is 9.94. The van der Waals surface area contributed by atoms with Gasteiger partial charge in [-0.1, -0.05) is 12.1 Å². The molecule has 0 spiro atoms. The SMILES string of the molecule is CCO[C@@H]1CCN(C2CCSc3cc(C)c4[nH]ccc4c32)[C@@H](c2ccc(C(=O)O)cc2)C1. The molecular formula is C26H30N2O3S. The number of benzene rings is 2. The van der Waals surface area contributed by atoms with Crippen molar-refractivity contribution in [3.05, 3.63) is 64.8 Å². The molecule has 6 heteroatoms. The van der Waals surface area contributed by atoms with Gasteiger partial charge in [0.05, 0.1) is 11.7 Å². The van der Waals surface area contributed by atoms with Crippen LogP contribution in [0.1, 0.15) is 65.3 Å². The van der Waals surface area contributed by atoms with E-state index in [-0.39, 0.29) is 12.1 Å². The van der Waals surface area contributed by atoms with Crippen LogP contribution >= 0.6 is 11.8 Å². The molecule has 0 saturated carbocycles. The normalized spacial score (nSPS) is 23.9. The van der Waals surface area contributed by atoms with Crippen LogP contribution in [-0.4, -0.2) is 46.0 Å². The first-order valence-electron chi connectivity index (χ1n) is 11.5. The zero-order chi connectivity index (χ0) is 22.2. The number of fused-ring (bicyclic) bond motifs is 3. The van der Waals surface area contributed by atoms with Crippen LogP contribution in [-0.2, 0) is 4.74 Å². The standard InChI is InChI=1S/C26H30N2O3S/c1-3-31-19-9-12-28(22(15-19)17-4-6-18(7-5-17)26(29)30)21-10-13-32-23-14-16(2)25-20(24(21)23)8-11-27-25/h4-8,11,14,19,21-22,27H,3,9-10,12-13,15H2,1-2H3,(H,29,30)/t19-,21?,22-/m1/s1. The smallest absolute Gasteiger partial charge is 0.335 e. The third-order valence-electron chi connectivity index (χ3n) is 6.97. The van der Waals surface area contributed by atoms with Crippen LogP contribution in [0.3, 0.4) is 0 Å². The first-order valence-corrected chi connectivity index (χ1v) is 12.5. The highest BCUT2D eigenvalue weighted by Crippen LogP contribution is 2.48. The van der Waals surface area contributed by atoms with Gasteiger partial charge < -0.3 is 14.8 Å². The van der Waals surface area contributed by atoms with Crippen LogP contribution in [0.25, 0.3) is 10.9 Å². The fraction of sp³-hybridized carbons (Fsp3) is 0.423. The Labute approximate surface area is 193 Å². The monoisotopic (exact) mass is 450 g/mol. The fourth-order valence-electron chi connectivity index (χ4n) is 5.51. The van der Waals surface area contributed by atoms with Gasteiger partial charge >= 0.3 is 5.97 Å². The Balaban J connectivity index is 1.55. The minimum Gasteiger partial charge on any atom is -0.478 e. The topological polar surface area (TPSA) is 65.6 Å².